The van der Waals surface area contributed by atoms with Gasteiger partial charge in [-0.25, -0.2) is 0 Å². The molecule has 0 aliphatic heterocycles. The molecule has 6 heteroatoms. The summed E-state index contributed by atoms with van der Waals surface area (Å²) in [6, 6.07) is 3.81. The molecule has 0 amide bonds. The lowest BCUT2D eigenvalue weighted by Crippen LogP contribution is -1.98. The monoisotopic (exact) mass is 241 g/mol. The van der Waals surface area contributed by atoms with Crippen molar-refractivity contribution < 1.29 is 14.5 Å². The number of ether oxygens (including phenoxy) is 1. The summed E-state index contributed by atoms with van der Waals surface area (Å²) in [6.45, 7) is 0.197. The number of aldehydes is 1. The number of nitro benzene ring substituents is 1. The summed E-state index contributed by atoms with van der Waals surface area (Å²) < 4.78 is 5.18. The number of rotatable bonds is 5. The zero-order chi connectivity index (χ0) is 12.0. The van der Waals surface area contributed by atoms with Crippen LogP contribution in [0.2, 0.25) is 0 Å². The molecule has 0 aromatic heterocycles. The molecule has 0 aliphatic carbocycles. The third kappa shape index (κ3) is 3.06. The summed E-state index contributed by atoms with van der Waals surface area (Å²) in [6.07, 6.45) is 2.05. The highest BCUT2D eigenvalue weighted by Crippen LogP contribution is 2.22. The van der Waals surface area contributed by atoms with Crippen molar-refractivity contribution in [1.29, 1.82) is 0 Å². The van der Waals surface area contributed by atoms with Crippen LogP contribution in [0.4, 0.5) is 5.69 Å². The first kappa shape index (κ1) is 12.2. The highest BCUT2D eigenvalue weighted by molar-refractivity contribution is 6.25. The minimum absolute atomic E-state index is 0.136. The Kier molecular flexibility index (Phi) is 4.47. The molecule has 0 aliphatic rings. The molecule has 84 valence electrons. The summed E-state index contributed by atoms with van der Waals surface area (Å²) in [7, 11) is 0. The number of carbonyl (C=O) groups excluding carboxylic acids is 1. The number of non-ortho nitro benzene ring substituents is 1. The Labute approximate surface area is 96.4 Å². The van der Waals surface area contributed by atoms with E-state index in [1.54, 1.807) is 0 Å². The van der Waals surface area contributed by atoms with Crippen molar-refractivity contribution in [3.63, 3.8) is 0 Å². The number of carbonyl (C=O) groups is 1. The fourth-order valence-corrected chi connectivity index (χ4v) is 1.12. The summed E-state index contributed by atoms with van der Waals surface area (Å²) in [4.78, 5) is 20.6. The Balaban J connectivity index is 2.93. The number of halogens is 1. The molecule has 1 aromatic carbocycles. The molecule has 0 N–H and O–H groups in total. The van der Waals surface area contributed by atoms with E-state index in [0.717, 1.165) is 6.07 Å². The maximum atomic E-state index is 10.7. The van der Waals surface area contributed by atoms with E-state index >= 15 is 0 Å². The third-order valence-electron chi connectivity index (χ3n) is 1.76. The van der Waals surface area contributed by atoms with Gasteiger partial charge in [-0.1, -0.05) is 11.6 Å². The maximum Gasteiger partial charge on any atom is 0.270 e. The highest BCUT2D eigenvalue weighted by Gasteiger charge is 2.10. The molecule has 0 radical (unpaired) electrons. The van der Waals surface area contributed by atoms with Gasteiger partial charge >= 0.3 is 0 Å². The van der Waals surface area contributed by atoms with E-state index in [-0.39, 0.29) is 23.6 Å². The van der Waals surface area contributed by atoms with Crippen LogP contribution in [0.3, 0.4) is 0 Å². The molecule has 5 nitrogen and oxygen atoms in total. The van der Waals surface area contributed by atoms with E-state index in [2.05, 4.69) is 0 Å². The van der Waals surface area contributed by atoms with Crippen molar-refractivity contribution in [3.8, 4) is 5.75 Å². The van der Waals surface area contributed by atoms with Crippen molar-refractivity contribution >= 4 is 23.6 Å². The number of benzene rings is 1. The highest BCUT2D eigenvalue weighted by atomic mass is 35.5. The summed E-state index contributed by atoms with van der Waals surface area (Å²) in [5, 5.41) is 10.5. The van der Waals surface area contributed by atoms with Gasteiger partial charge in [0.25, 0.3) is 5.69 Å². The average Bonchev–Trinajstić information content (AvgIpc) is 2.29. The molecule has 0 fully saturated rings. The molecule has 16 heavy (non-hydrogen) atoms. The second-order valence-corrected chi connectivity index (χ2v) is 3.02. The quantitative estimate of drug-likeness (QED) is 0.451. The normalized spacial score (nSPS) is 10.3. The lowest BCUT2D eigenvalue weighted by molar-refractivity contribution is -0.384. The number of nitrogens with zero attached hydrogens (tertiary/aromatic N) is 1. The fourth-order valence-electron chi connectivity index (χ4n) is 1.05. The zero-order valence-electron chi connectivity index (χ0n) is 8.13. The third-order valence-corrected chi connectivity index (χ3v) is 1.93. The van der Waals surface area contributed by atoms with Crippen molar-refractivity contribution in [2.75, 3.05) is 6.61 Å². The minimum Gasteiger partial charge on any atom is -0.489 e. The molecular formula is C10H8ClNO4. The molecule has 0 unspecified atom stereocenters. The van der Waals surface area contributed by atoms with Gasteiger partial charge in [-0.2, -0.15) is 0 Å². The topological polar surface area (TPSA) is 69.4 Å². The van der Waals surface area contributed by atoms with Gasteiger partial charge in [0.15, 0.2) is 6.29 Å². The van der Waals surface area contributed by atoms with Gasteiger partial charge in [0.2, 0.25) is 0 Å². The SMILES string of the molecule is O=Cc1cc([N+](=O)[O-])ccc1OC/C=C/Cl. The van der Waals surface area contributed by atoms with E-state index in [1.165, 1.54) is 23.7 Å². The number of hydrogen-bond donors (Lipinski definition) is 0. The fraction of sp³-hybridized carbons (Fsp3) is 0.100. The maximum absolute atomic E-state index is 10.7. The van der Waals surface area contributed by atoms with Crippen LogP contribution in [0, 0.1) is 10.1 Å². The molecular weight excluding hydrogens is 234 g/mol. The Morgan fingerprint density at radius 2 is 2.25 bits per heavy atom. The molecule has 1 aromatic rings. The van der Waals surface area contributed by atoms with Crippen LogP contribution < -0.4 is 4.74 Å². The van der Waals surface area contributed by atoms with Crippen LogP contribution in [0.5, 0.6) is 5.75 Å². The van der Waals surface area contributed by atoms with Crippen molar-refractivity contribution in [2.45, 2.75) is 0 Å². The summed E-state index contributed by atoms with van der Waals surface area (Å²) in [5.74, 6) is 0.287. The van der Waals surface area contributed by atoms with E-state index in [4.69, 9.17) is 16.3 Å². The minimum atomic E-state index is -0.574. The predicted octanol–water partition coefficient (Wildman–Crippen LogP) is 2.54. The second kappa shape index (κ2) is 5.87. The van der Waals surface area contributed by atoms with Crippen molar-refractivity contribution in [2.24, 2.45) is 0 Å². The average molecular weight is 242 g/mol. The molecule has 0 saturated carbocycles. The van der Waals surface area contributed by atoms with E-state index in [0.29, 0.717) is 6.29 Å². The smallest absolute Gasteiger partial charge is 0.270 e. The van der Waals surface area contributed by atoms with Crippen molar-refractivity contribution in [3.05, 3.63) is 45.5 Å². The molecule has 1 rings (SSSR count). The van der Waals surface area contributed by atoms with E-state index in [9.17, 15) is 14.9 Å². The second-order valence-electron chi connectivity index (χ2n) is 2.77. The Bertz CT molecular complexity index is 431. The van der Waals surface area contributed by atoms with E-state index in [1.807, 2.05) is 0 Å². The van der Waals surface area contributed by atoms with Gasteiger partial charge in [-0.15, -0.1) is 0 Å². The van der Waals surface area contributed by atoms with Gasteiger partial charge < -0.3 is 4.74 Å². The Morgan fingerprint density at radius 1 is 1.50 bits per heavy atom. The zero-order valence-corrected chi connectivity index (χ0v) is 8.89. The first-order valence-electron chi connectivity index (χ1n) is 4.30. The van der Waals surface area contributed by atoms with Gasteiger partial charge in [0.05, 0.1) is 10.5 Å². The molecule has 0 saturated heterocycles. The van der Waals surface area contributed by atoms with Gasteiger partial charge in [0, 0.05) is 17.7 Å². The van der Waals surface area contributed by atoms with Crippen LogP contribution >= 0.6 is 11.6 Å². The number of hydrogen-bond acceptors (Lipinski definition) is 4. The largest absolute Gasteiger partial charge is 0.489 e. The van der Waals surface area contributed by atoms with Crippen LogP contribution in [-0.2, 0) is 0 Å². The first-order chi connectivity index (χ1) is 7.69. The Hall–Kier alpha value is -1.88. The van der Waals surface area contributed by atoms with Crippen LogP contribution in [0.25, 0.3) is 0 Å². The van der Waals surface area contributed by atoms with E-state index < -0.39 is 4.92 Å². The molecule has 0 atom stereocenters. The van der Waals surface area contributed by atoms with Crippen molar-refractivity contribution in [1.82, 2.24) is 0 Å². The summed E-state index contributed by atoms with van der Waals surface area (Å²) >= 11 is 5.29. The first-order valence-corrected chi connectivity index (χ1v) is 4.74. The van der Waals surface area contributed by atoms with Crippen LogP contribution in [-0.4, -0.2) is 17.8 Å². The standard InChI is InChI=1S/C10H8ClNO4/c11-4-1-5-16-10-3-2-9(12(14)15)6-8(10)7-13/h1-4,6-7H,5H2/b4-1+. The van der Waals surface area contributed by atoms with Gasteiger partial charge in [-0.3, -0.25) is 14.9 Å². The lowest BCUT2D eigenvalue weighted by Gasteiger charge is -2.05. The Morgan fingerprint density at radius 3 is 2.81 bits per heavy atom. The van der Waals surface area contributed by atoms with Gasteiger partial charge in [-0.05, 0) is 12.1 Å². The predicted molar refractivity (Wildman–Crippen MR) is 59.0 cm³/mol. The van der Waals surface area contributed by atoms with Crippen LogP contribution in [0.15, 0.2) is 29.8 Å². The lowest BCUT2D eigenvalue weighted by atomic mass is 10.2. The number of nitro groups is 1. The molecule has 0 spiro atoms. The molecule has 0 heterocycles. The van der Waals surface area contributed by atoms with Crippen LogP contribution in [0.1, 0.15) is 10.4 Å². The molecule has 0 bridgehead atoms. The summed E-state index contributed by atoms with van der Waals surface area (Å²) in [5.41, 5.74) is 1.27. The van der Waals surface area contributed by atoms with Gasteiger partial charge in [0.1, 0.15) is 12.4 Å².